The van der Waals surface area contributed by atoms with Gasteiger partial charge in [0.1, 0.15) is 5.82 Å². The van der Waals surface area contributed by atoms with Crippen LogP contribution in [0.15, 0.2) is 47.3 Å². The standard InChI is InChI=1S/C23H24N4O3/c1-15-8-5-6-9-17(15)22(29)26-25-21(28)16-11-12-18-19(14-16)24-20-10-4-2-3-7-13-27(20)23(18)30/h5-6,8-9,11-12,14H,2-4,7,10,13H2,1H3,(H,25,28)(H,26,29). The lowest BCUT2D eigenvalue weighted by Gasteiger charge is -2.16. The van der Waals surface area contributed by atoms with Crippen molar-refractivity contribution in [3.8, 4) is 0 Å². The lowest BCUT2D eigenvalue weighted by molar-refractivity contribution is 0.0846. The minimum atomic E-state index is -0.465. The molecule has 0 aliphatic carbocycles. The number of rotatable bonds is 2. The molecular weight excluding hydrogens is 380 g/mol. The highest BCUT2D eigenvalue weighted by molar-refractivity contribution is 6.01. The Morgan fingerprint density at radius 2 is 1.73 bits per heavy atom. The van der Waals surface area contributed by atoms with Crippen LogP contribution in [0.1, 0.15) is 57.8 Å². The van der Waals surface area contributed by atoms with Crippen molar-refractivity contribution < 1.29 is 9.59 Å². The summed E-state index contributed by atoms with van der Waals surface area (Å²) in [5, 5.41) is 0.500. The zero-order chi connectivity index (χ0) is 21.1. The molecule has 4 rings (SSSR count). The van der Waals surface area contributed by atoms with Gasteiger partial charge in [0, 0.05) is 24.1 Å². The summed E-state index contributed by atoms with van der Waals surface area (Å²) in [4.78, 5) is 42.4. The molecule has 0 saturated carbocycles. The third-order valence-corrected chi connectivity index (χ3v) is 5.51. The summed E-state index contributed by atoms with van der Waals surface area (Å²) in [5.41, 5.74) is 6.95. The van der Waals surface area contributed by atoms with E-state index in [0.29, 0.717) is 28.6 Å². The van der Waals surface area contributed by atoms with E-state index in [1.165, 1.54) is 0 Å². The quantitative estimate of drug-likeness (QED) is 0.643. The van der Waals surface area contributed by atoms with Crippen molar-refractivity contribution >= 4 is 22.7 Å². The molecule has 0 saturated heterocycles. The molecule has 7 heteroatoms. The third kappa shape index (κ3) is 3.96. The van der Waals surface area contributed by atoms with Gasteiger partial charge in [0.15, 0.2) is 0 Å². The van der Waals surface area contributed by atoms with E-state index < -0.39 is 5.91 Å². The van der Waals surface area contributed by atoms with E-state index in [0.717, 1.165) is 43.5 Å². The zero-order valence-electron chi connectivity index (χ0n) is 16.9. The normalized spacial score (nSPS) is 13.8. The van der Waals surface area contributed by atoms with Gasteiger partial charge >= 0.3 is 0 Å². The first-order chi connectivity index (χ1) is 14.5. The van der Waals surface area contributed by atoms with Crippen LogP contribution in [0, 0.1) is 6.92 Å². The van der Waals surface area contributed by atoms with Gasteiger partial charge in [-0.15, -0.1) is 0 Å². The van der Waals surface area contributed by atoms with Crippen molar-refractivity contribution in [1.29, 1.82) is 0 Å². The van der Waals surface area contributed by atoms with Gasteiger partial charge in [0.2, 0.25) is 0 Å². The van der Waals surface area contributed by atoms with Gasteiger partial charge in [-0.25, -0.2) is 4.98 Å². The van der Waals surface area contributed by atoms with E-state index in [9.17, 15) is 14.4 Å². The molecule has 1 aliphatic rings. The predicted octanol–water partition coefficient (Wildman–Crippen LogP) is 2.90. The number of amides is 2. The van der Waals surface area contributed by atoms with E-state index in [-0.39, 0.29) is 11.5 Å². The zero-order valence-corrected chi connectivity index (χ0v) is 16.9. The van der Waals surface area contributed by atoms with Crippen LogP contribution in [-0.4, -0.2) is 21.4 Å². The summed E-state index contributed by atoms with van der Waals surface area (Å²) in [6, 6.07) is 11.9. The minimum absolute atomic E-state index is 0.0586. The van der Waals surface area contributed by atoms with E-state index in [1.807, 2.05) is 19.1 Å². The van der Waals surface area contributed by atoms with Gasteiger partial charge in [-0.3, -0.25) is 29.8 Å². The molecule has 0 spiro atoms. The van der Waals surface area contributed by atoms with Crippen LogP contribution in [0.4, 0.5) is 0 Å². The molecule has 0 radical (unpaired) electrons. The van der Waals surface area contributed by atoms with Crippen LogP contribution >= 0.6 is 0 Å². The fourth-order valence-electron chi connectivity index (χ4n) is 3.82. The molecule has 30 heavy (non-hydrogen) atoms. The Bertz CT molecular complexity index is 1180. The average Bonchev–Trinajstić information content (AvgIpc) is 2.73. The van der Waals surface area contributed by atoms with Gasteiger partial charge in [0.25, 0.3) is 17.4 Å². The second-order valence-electron chi connectivity index (χ2n) is 7.60. The lowest BCUT2D eigenvalue weighted by Crippen LogP contribution is -2.41. The van der Waals surface area contributed by atoms with Crippen LogP contribution in [-0.2, 0) is 13.0 Å². The van der Waals surface area contributed by atoms with Crippen LogP contribution in [0.3, 0.4) is 0 Å². The SMILES string of the molecule is Cc1ccccc1C(=O)NNC(=O)c1ccc2c(=O)n3c(nc2c1)CCCCCC3. The number of aromatic nitrogens is 2. The largest absolute Gasteiger partial charge is 0.296 e. The second-order valence-corrected chi connectivity index (χ2v) is 7.60. The first kappa shape index (κ1) is 19.8. The molecule has 0 bridgehead atoms. The van der Waals surface area contributed by atoms with Crippen LogP contribution in [0.5, 0.6) is 0 Å². The van der Waals surface area contributed by atoms with Crippen molar-refractivity contribution in [1.82, 2.24) is 20.4 Å². The topological polar surface area (TPSA) is 93.1 Å². The molecule has 154 valence electrons. The molecule has 1 aromatic heterocycles. The first-order valence-corrected chi connectivity index (χ1v) is 10.2. The lowest BCUT2D eigenvalue weighted by atomic mass is 10.1. The Hall–Kier alpha value is -3.48. The number of hydrogen-bond donors (Lipinski definition) is 2. The molecule has 7 nitrogen and oxygen atoms in total. The Labute approximate surface area is 174 Å². The molecule has 2 N–H and O–H groups in total. The Morgan fingerprint density at radius 3 is 2.57 bits per heavy atom. The Balaban J connectivity index is 1.56. The highest BCUT2D eigenvalue weighted by atomic mass is 16.2. The van der Waals surface area contributed by atoms with Gasteiger partial charge in [-0.1, -0.05) is 31.0 Å². The minimum Gasteiger partial charge on any atom is -0.296 e. The van der Waals surface area contributed by atoms with Crippen molar-refractivity contribution in [2.75, 3.05) is 0 Å². The molecule has 0 atom stereocenters. The number of hydrazine groups is 1. The van der Waals surface area contributed by atoms with Gasteiger partial charge in [-0.2, -0.15) is 0 Å². The Morgan fingerprint density at radius 1 is 0.967 bits per heavy atom. The molecule has 0 unspecified atom stereocenters. The van der Waals surface area contributed by atoms with E-state index in [1.54, 1.807) is 34.9 Å². The molecule has 2 amide bonds. The fraction of sp³-hybridized carbons (Fsp3) is 0.304. The molecular formula is C23H24N4O3. The number of carbonyl (C=O) groups excluding carboxylic acids is 2. The maximum atomic E-state index is 12.9. The number of nitrogens with one attached hydrogen (secondary N) is 2. The number of nitrogens with zero attached hydrogens (tertiary/aromatic N) is 2. The number of fused-ring (bicyclic) bond motifs is 2. The van der Waals surface area contributed by atoms with Gasteiger partial charge in [-0.05, 0) is 49.6 Å². The molecule has 1 aliphatic heterocycles. The van der Waals surface area contributed by atoms with E-state index >= 15 is 0 Å². The smallest absolute Gasteiger partial charge is 0.269 e. The summed E-state index contributed by atoms with van der Waals surface area (Å²) in [6.07, 6.45) is 4.99. The van der Waals surface area contributed by atoms with Gasteiger partial charge in [0.05, 0.1) is 10.9 Å². The number of carbonyl (C=O) groups is 2. The van der Waals surface area contributed by atoms with Crippen molar-refractivity contribution in [3.05, 3.63) is 75.3 Å². The van der Waals surface area contributed by atoms with Crippen LogP contribution in [0.25, 0.3) is 10.9 Å². The van der Waals surface area contributed by atoms with Gasteiger partial charge < -0.3 is 0 Å². The highest BCUT2D eigenvalue weighted by Gasteiger charge is 2.16. The van der Waals surface area contributed by atoms with Crippen LogP contribution in [0.2, 0.25) is 0 Å². The summed E-state index contributed by atoms with van der Waals surface area (Å²) < 4.78 is 1.77. The summed E-state index contributed by atoms with van der Waals surface area (Å²) >= 11 is 0. The number of hydrogen-bond acceptors (Lipinski definition) is 4. The van der Waals surface area contributed by atoms with Crippen molar-refractivity contribution in [2.24, 2.45) is 0 Å². The van der Waals surface area contributed by atoms with Crippen molar-refractivity contribution in [2.45, 2.75) is 45.6 Å². The number of aryl methyl sites for hydroxylation is 2. The summed E-state index contributed by atoms with van der Waals surface area (Å²) in [6.45, 7) is 2.51. The Kier molecular flexibility index (Phi) is 5.61. The summed E-state index contributed by atoms with van der Waals surface area (Å²) in [5.74, 6) is -0.0786. The van der Waals surface area contributed by atoms with E-state index in [2.05, 4.69) is 15.8 Å². The molecule has 0 fully saturated rings. The second kappa shape index (κ2) is 8.49. The summed E-state index contributed by atoms with van der Waals surface area (Å²) in [7, 11) is 0. The predicted molar refractivity (Wildman–Crippen MR) is 114 cm³/mol. The maximum Gasteiger partial charge on any atom is 0.269 e. The first-order valence-electron chi connectivity index (χ1n) is 10.2. The van der Waals surface area contributed by atoms with E-state index in [4.69, 9.17) is 0 Å². The average molecular weight is 404 g/mol. The third-order valence-electron chi connectivity index (χ3n) is 5.51. The monoisotopic (exact) mass is 404 g/mol. The highest BCUT2D eigenvalue weighted by Crippen LogP contribution is 2.16. The molecule has 2 aromatic carbocycles. The number of benzene rings is 2. The molecule has 3 aromatic rings. The van der Waals surface area contributed by atoms with Crippen molar-refractivity contribution in [3.63, 3.8) is 0 Å². The maximum absolute atomic E-state index is 12.9. The molecule has 2 heterocycles. The fourth-order valence-corrected chi connectivity index (χ4v) is 3.82. The van der Waals surface area contributed by atoms with Crippen LogP contribution < -0.4 is 16.4 Å².